The lowest BCUT2D eigenvalue weighted by molar-refractivity contribution is 0.263. The summed E-state index contributed by atoms with van der Waals surface area (Å²) in [7, 11) is 0. The molecule has 0 spiro atoms. The Morgan fingerprint density at radius 1 is 1.11 bits per heavy atom. The molecule has 1 aromatic carbocycles. The van der Waals surface area contributed by atoms with Crippen molar-refractivity contribution in [3.8, 4) is 5.75 Å². The van der Waals surface area contributed by atoms with Crippen LogP contribution in [-0.2, 0) is 9.47 Å². The molecular weight excluding hydrogens is 230 g/mol. The van der Waals surface area contributed by atoms with Crippen LogP contribution in [0.5, 0.6) is 5.75 Å². The first-order valence-corrected chi connectivity index (χ1v) is 6.64. The topological polar surface area (TPSA) is 37.5 Å². The Bertz CT molecular complexity index is 409. The van der Waals surface area contributed by atoms with Crippen molar-refractivity contribution in [2.24, 2.45) is 0 Å². The summed E-state index contributed by atoms with van der Waals surface area (Å²) in [6.45, 7) is 2.37. The molecule has 2 atom stereocenters. The fourth-order valence-corrected chi connectivity index (χ4v) is 2.24. The minimum Gasteiger partial charge on any atom is -0.491 e. The Kier molecular flexibility index (Phi) is 2.45. The highest BCUT2D eigenvalue weighted by Crippen LogP contribution is 2.37. The lowest BCUT2D eigenvalue weighted by Gasteiger charge is -2.22. The minimum absolute atomic E-state index is 0.309. The molecule has 1 aliphatic carbocycles. The Morgan fingerprint density at radius 2 is 1.83 bits per heavy atom. The molecule has 96 valence electrons. The fraction of sp³-hybridized carbons (Fsp3) is 0.571. The summed E-state index contributed by atoms with van der Waals surface area (Å²) in [5.41, 5.74) is 1.25. The predicted octanol–water partition coefficient (Wildman–Crippen LogP) is 1.79. The van der Waals surface area contributed by atoms with E-state index in [0.29, 0.717) is 25.0 Å². The largest absolute Gasteiger partial charge is 0.491 e. The third kappa shape index (κ3) is 2.31. The van der Waals surface area contributed by atoms with Gasteiger partial charge in [-0.25, -0.2) is 0 Å². The van der Waals surface area contributed by atoms with Crippen LogP contribution >= 0.6 is 0 Å². The van der Waals surface area contributed by atoms with Crippen LogP contribution in [0.15, 0.2) is 24.3 Å². The predicted molar refractivity (Wildman–Crippen MR) is 66.9 cm³/mol. The fourth-order valence-electron chi connectivity index (χ4n) is 2.24. The first kappa shape index (κ1) is 10.6. The number of anilines is 1. The van der Waals surface area contributed by atoms with Crippen molar-refractivity contribution >= 4 is 5.69 Å². The van der Waals surface area contributed by atoms with Gasteiger partial charge in [-0.3, -0.25) is 0 Å². The van der Waals surface area contributed by atoms with Crippen LogP contribution in [-0.4, -0.2) is 38.2 Å². The molecule has 18 heavy (non-hydrogen) atoms. The van der Waals surface area contributed by atoms with Crippen molar-refractivity contribution in [1.29, 1.82) is 0 Å². The standard InChI is InChI=1S/C14H17NO3/c1-2-10(1)15(14-9-18-14)11-3-5-12(6-4-11)16-7-13-8-17-13/h3-6,10,13-14H,1-2,7-9H2. The van der Waals surface area contributed by atoms with E-state index >= 15 is 0 Å². The molecule has 1 aromatic rings. The van der Waals surface area contributed by atoms with Crippen LogP contribution in [0.25, 0.3) is 0 Å². The van der Waals surface area contributed by atoms with Crippen molar-refractivity contribution in [2.75, 3.05) is 24.7 Å². The first-order valence-electron chi connectivity index (χ1n) is 6.64. The first-order chi connectivity index (χ1) is 8.90. The summed E-state index contributed by atoms with van der Waals surface area (Å²) in [6, 6.07) is 9.01. The molecule has 2 saturated heterocycles. The van der Waals surface area contributed by atoms with Crippen LogP contribution in [0.4, 0.5) is 5.69 Å². The van der Waals surface area contributed by atoms with Gasteiger partial charge in [-0.15, -0.1) is 0 Å². The molecule has 2 aliphatic heterocycles. The van der Waals surface area contributed by atoms with Crippen molar-refractivity contribution in [3.63, 3.8) is 0 Å². The summed E-state index contributed by atoms with van der Waals surface area (Å²) in [6.07, 6.45) is 3.20. The highest BCUT2D eigenvalue weighted by atomic mass is 16.6. The average molecular weight is 247 g/mol. The van der Waals surface area contributed by atoms with E-state index in [4.69, 9.17) is 14.2 Å². The number of nitrogens with zero attached hydrogens (tertiary/aromatic N) is 1. The molecule has 0 N–H and O–H groups in total. The number of ether oxygens (including phenoxy) is 3. The Morgan fingerprint density at radius 3 is 2.39 bits per heavy atom. The van der Waals surface area contributed by atoms with Gasteiger partial charge in [0.25, 0.3) is 0 Å². The second-order valence-electron chi connectivity index (χ2n) is 5.19. The number of rotatable bonds is 6. The van der Waals surface area contributed by atoms with Crippen LogP contribution in [0.2, 0.25) is 0 Å². The molecule has 2 heterocycles. The van der Waals surface area contributed by atoms with Crippen LogP contribution in [0, 0.1) is 0 Å². The zero-order valence-corrected chi connectivity index (χ0v) is 10.2. The zero-order chi connectivity index (χ0) is 11.9. The van der Waals surface area contributed by atoms with E-state index in [1.807, 2.05) is 12.1 Å². The van der Waals surface area contributed by atoms with E-state index in [2.05, 4.69) is 17.0 Å². The lowest BCUT2D eigenvalue weighted by atomic mass is 10.2. The Hall–Kier alpha value is -1.26. The summed E-state index contributed by atoms with van der Waals surface area (Å²) in [4.78, 5) is 2.40. The van der Waals surface area contributed by atoms with E-state index in [1.54, 1.807) is 0 Å². The van der Waals surface area contributed by atoms with E-state index in [-0.39, 0.29) is 0 Å². The van der Waals surface area contributed by atoms with Gasteiger partial charge in [-0.2, -0.15) is 0 Å². The maximum absolute atomic E-state index is 5.64. The number of hydrogen-bond donors (Lipinski definition) is 0. The van der Waals surface area contributed by atoms with E-state index in [9.17, 15) is 0 Å². The summed E-state index contributed by atoms with van der Waals surface area (Å²) in [5.74, 6) is 0.918. The van der Waals surface area contributed by atoms with Crippen LogP contribution < -0.4 is 9.64 Å². The smallest absolute Gasteiger partial charge is 0.154 e. The van der Waals surface area contributed by atoms with E-state index < -0.39 is 0 Å². The van der Waals surface area contributed by atoms with Gasteiger partial charge in [-0.05, 0) is 37.1 Å². The molecule has 1 saturated carbocycles. The minimum atomic E-state index is 0.309. The number of benzene rings is 1. The van der Waals surface area contributed by atoms with Crippen molar-refractivity contribution < 1.29 is 14.2 Å². The van der Waals surface area contributed by atoms with E-state index in [0.717, 1.165) is 19.0 Å². The molecular formula is C14H17NO3. The zero-order valence-electron chi connectivity index (χ0n) is 10.2. The van der Waals surface area contributed by atoms with Gasteiger partial charge in [0.05, 0.1) is 13.2 Å². The summed E-state index contributed by atoms with van der Waals surface area (Å²) in [5, 5.41) is 0. The molecule has 3 fully saturated rings. The van der Waals surface area contributed by atoms with Crippen LogP contribution in [0.1, 0.15) is 12.8 Å². The van der Waals surface area contributed by atoms with Crippen molar-refractivity contribution in [1.82, 2.24) is 0 Å². The van der Waals surface area contributed by atoms with Gasteiger partial charge in [0.15, 0.2) is 6.23 Å². The van der Waals surface area contributed by atoms with Crippen LogP contribution in [0.3, 0.4) is 0 Å². The van der Waals surface area contributed by atoms with Gasteiger partial charge in [-0.1, -0.05) is 0 Å². The second-order valence-corrected chi connectivity index (χ2v) is 5.19. The quantitative estimate of drug-likeness (QED) is 0.718. The summed E-state index contributed by atoms with van der Waals surface area (Å²) < 4.78 is 16.2. The molecule has 0 radical (unpaired) electrons. The molecule has 3 aliphatic rings. The van der Waals surface area contributed by atoms with Gasteiger partial charge >= 0.3 is 0 Å². The van der Waals surface area contributed by atoms with E-state index in [1.165, 1.54) is 18.5 Å². The third-order valence-electron chi connectivity index (χ3n) is 3.54. The molecule has 2 unspecified atom stereocenters. The Balaban J connectivity index is 1.43. The molecule has 0 amide bonds. The van der Waals surface area contributed by atoms with Crippen molar-refractivity contribution in [2.45, 2.75) is 31.2 Å². The molecule has 0 aromatic heterocycles. The third-order valence-corrected chi connectivity index (χ3v) is 3.54. The van der Waals surface area contributed by atoms with Gasteiger partial charge in [0.2, 0.25) is 0 Å². The molecule has 4 rings (SSSR count). The molecule has 4 heteroatoms. The highest BCUT2D eigenvalue weighted by Gasteiger charge is 2.40. The average Bonchev–Trinajstić information content (AvgIpc) is 3.27. The van der Waals surface area contributed by atoms with Gasteiger partial charge in [0, 0.05) is 11.7 Å². The second kappa shape index (κ2) is 4.14. The molecule has 4 nitrogen and oxygen atoms in total. The van der Waals surface area contributed by atoms with Crippen molar-refractivity contribution in [3.05, 3.63) is 24.3 Å². The number of epoxide rings is 2. The maximum Gasteiger partial charge on any atom is 0.154 e. The maximum atomic E-state index is 5.64. The SMILES string of the molecule is c1cc(N(C2CC2)C2CO2)ccc1OCC1CO1. The lowest BCUT2D eigenvalue weighted by Crippen LogP contribution is -2.28. The van der Waals surface area contributed by atoms with Gasteiger partial charge < -0.3 is 19.1 Å². The molecule has 0 bridgehead atoms. The summed E-state index contributed by atoms with van der Waals surface area (Å²) >= 11 is 0. The Labute approximate surface area is 106 Å². The highest BCUT2D eigenvalue weighted by molar-refractivity contribution is 5.52. The van der Waals surface area contributed by atoms with Gasteiger partial charge in [0.1, 0.15) is 18.5 Å². The monoisotopic (exact) mass is 247 g/mol. The number of hydrogen-bond acceptors (Lipinski definition) is 4. The normalized spacial score (nSPS) is 28.9.